The molecule has 0 saturated carbocycles. The van der Waals surface area contributed by atoms with Crippen molar-refractivity contribution in [3.63, 3.8) is 0 Å². The van der Waals surface area contributed by atoms with Gasteiger partial charge in [-0.25, -0.2) is 4.21 Å². The van der Waals surface area contributed by atoms with Crippen LogP contribution in [0.15, 0.2) is 55.1 Å². The number of carbonyl (C=O) groups excluding carboxylic acids is 2. The summed E-state index contributed by atoms with van der Waals surface area (Å²) >= 11 is 4.03. The Morgan fingerprint density at radius 1 is 1.19 bits per heavy atom. The Bertz CT molecular complexity index is 623. The van der Waals surface area contributed by atoms with Crippen LogP contribution in [-0.4, -0.2) is 20.7 Å². The molecule has 0 aliphatic carbocycles. The number of hydrogen-bond acceptors (Lipinski definition) is 8. The van der Waals surface area contributed by atoms with Gasteiger partial charge in [-0.1, -0.05) is 43.5 Å². The van der Waals surface area contributed by atoms with E-state index in [4.69, 9.17) is 9.90 Å². The van der Waals surface area contributed by atoms with Crippen molar-refractivity contribution in [2.75, 3.05) is 0 Å². The smallest absolute Gasteiger partial charge is 0.748 e. The van der Waals surface area contributed by atoms with E-state index in [1.165, 1.54) is 6.92 Å². The molecular formula is C14H15Na3O7S2. The number of rotatable bonds is 5. The first-order valence-corrected chi connectivity index (χ1v) is 8.17. The zero-order valence-corrected chi connectivity index (χ0v) is 22.9. The summed E-state index contributed by atoms with van der Waals surface area (Å²) in [4.78, 5) is 18.6. The van der Waals surface area contributed by atoms with E-state index >= 15 is 0 Å². The van der Waals surface area contributed by atoms with E-state index in [-0.39, 0.29) is 101 Å². The molecule has 128 valence electrons. The molecule has 26 heavy (non-hydrogen) atoms. The Morgan fingerprint density at radius 2 is 1.54 bits per heavy atom. The molecule has 0 aliphatic heterocycles. The number of carboxylic acids is 2. The topological polar surface area (TPSA) is 130 Å². The van der Waals surface area contributed by atoms with Crippen molar-refractivity contribution in [2.45, 2.75) is 13.5 Å². The molecule has 1 rings (SSSR count). The van der Waals surface area contributed by atoms with Gasteiger partial charge >= 0.3 is 88.7 Å². The fourth-order valence-electron chi connectivity index (χ4n) is 0.714. The molecule has 1 unspecified atom stereocenters. The molecule has 1 aromatic carbocycles. The van der Waals surface area contributed by atoms with Crippen LogP contribution in [0.3, 0.4) is 0 Å². The first-order chi connectivity index (χ1) is 10.5. The van der Waals surface area contributed by atoms with Crippen LogP contribution >= 0.6 is 0 Å². The molecule has 0 fully saturated rings. The zero-order valence-electron chi connectivity index (χ0n) is 15.3. The summed E-state index contributed by atoms with van der Waals surface area (Å²) in [5, 5.41) is 18.6. The number of aliphatic carboxylic acids is 2. The number of carbonyl (C=O) groups is 2. The second-order valence-corrected chi connectivity index (χ2v) is 6.02. The molecule has 1 atom stereocenters. The molecule has 0 bridgehead atoms. The average molecular weight is 428 g/mol. The predicted octanol–water partition coefficient (Wildman–Crippen LogP) is -9.76. The molecule has 0 aromatic heterocycles. The van der Waals surface area contributed by atoms with Crippen molar-refractivity contribution in [1.82, 2.24) is 0 Å². The second-order valence-electron chi connectivity index (χ2n) is 3.75. The van der Waals surface area contributed by atoms with E-state index in [0.29, 0.717) is 0 Å². The summed E-state index contributed by atoms with van der Waals surface area (Å²) in [5.41, 5.74) is 0.848. The molecule has 1 aromatic rings. The van der Waals surface area contributed by atoms with E-state index in [0.717, 1.165) is 11.6 Å². The first-order valence-electron chi connectivity index (χ1n) is 5.84. The summed E-state index contributed by atoms with van der Waals surface area (Å²) in [6.07, 6.45) is 0.722. The summed E-state index contributed by atoms with van der Waals surface area (Å²) in [5.74, 6) is -2.42. The molecule has 0 heterocycles. The molecule has 0 spiro atoms. The van der Waals surface area contributed by atoms with Crippen molar-refractivity contribution >= 4 is 32.2 Å². The van der Waals surface area contributed by atoms with Gasteiger partial charge in [-0.05, 0) is 35.3 Å². The normalized spacial score (nSPS) is 10.1. The average Bonchev–Trinajstić information content (AvgIpc) is 2.46. The Balaban J connectivity index is -0.0000000908. The van der Waals surface area contributed by atoms with Gasteiger partial charge in [0.25, 0.3) is 0 Å². The first kappa shape index (κ1) is 37.6. The van der Waals surface area contributed by atoms with Crippen LogP contribution in [0.25, 0.3) is 0 Å². The van der Waals surface area contributed by atoms with Crippen molar-refractivity contribution in [1.29, 1.82) is 0 Å². The summed E-state index contributed by atoms with van der Waals surface area (Å²) in [7, 11) is -3.74. The van der Waals surface area contributed by atoms with Gasteiger partial charge in [0.2, 0.25) is 0 Å². The van der Waals surface area contributed by atoms with Crippen LogP contribution in [-0.2, 0) is 40.6 Å². The zero-order chi connectivity index (χ0) is 18.5. The predicted molar refractivity (Wildman–Crippen MR) is 82.5 cm³/mol. The number of hydrogen-bond donors (Lipinski definition) is 0. The number of carboxylic acid groups (broad SMARTS) is 2. The second kappa shape index (κ2) is 22.2. The molecule has 0 N–H and O–H groups in total. The van der Waals surface area contributed by atoms with E-state index in [1.807, 2.05) is 6.07 Å². The fourth-order valence-corrected chi connectivity index (χ4v) is 1.14. The molecule has 0 amide bonds. The SMILES string of the molecule is C=C(C)C(=O)[O-].C=CC(=O)[O-].O=S([O-])(=S)OCc1ccccc1.[Na+].[Na+].[Na+]. The van der Waals surface area contributed by atoms with Crippen LogP contribution in [0.5, 0.6) is 0 Å². The maximum absolute atomic E-state index is 10.4. The standard InChI is InChI=1S/C7H8O3S2.C4H6O2.C3H4O2.3Na/c8-12(9,11)10-6-7-4-2-1-3-5-7;1-3(2)4(5)6;1-2-3(4)5;;;/h1-5H,6H2,(H,8,9,11);1H2,2H3,(H,5,6);2H,1H2,(H,4,5);;;/q;;;3*+1/p-3. The van der Waals surface area contributed by atoms with Gasteiger partial charge in [-0.2, -0.15) is 0 Å². The minimum atomic E-state index is -3.74. The largest absolute Gasteiger partial charge is 1.00 e. The van der Waals surface area contributed by atoms with Crippen LogP contribution < -0.4 is 98.9 Å². The molecule has 7 nitrogen and oxygen atoms in total. The molecule has 0 saturated heterocycles. The van der Waals surface area contributed by atoms with Gasteiger partial charge in [-0.15, -0.1) is 0 Å². The van der Waals surface area contributed by atoms with E-state index < -0.39 is 21.0 Å². The summed E-state index contributed by atoms with van der Waals surface area (Å²) in [6, 6.07) is 8.97. The Hall–Kier alpha value is 0.930. The van der Waals surface area contributed by atoms with Crippen molar-refractivity contribution in [2.24, 2.45) is 0 Å². The third-order valence-corrected chi connectivity index (χ3v) is 2.42. The van der Waals surface area contributed by atoms with Gasteiger partial charge in [0.05, 0.1) is 27.6 Å². The third kappa shape index (κ3) is 32.6. The van der Waals surface area contributed by atoms with E-state index in [9.17, 15) is 18.7 Å². The minimum Gasteiger partial charge on any atom is -0.748 e. The maximum Gasteiger partial charge on any atom is 1.00 e. The minimum absolute atomic E-state index is 0. The van der Waals surface area contributed by atoms with Crippen LogP contribution in [0.1, 0.15) is 12.5 Å². The third-order valence-electron chi connectivity index (χ3n) is 1.73. The molecule has 0 radical (unpaired) electrons. The monoisotopic (exact) mass is 428 g/mol. The molecule has 12 heteroatoms. The van der Waals surface area contributed by atoms with E-state index in [1.54, 1.807) is 24.3 Å². The van der Waals surface area contributed by atoms with Gasteiger partial charge in [0, 0.05) is 0 Å². The van der Waals surface area contributed by atoms with Crippen LogP contribution in [0.4, 0.5) is 0 Å². The van der Waals surface area contributed by atoms with Gasteiger partial charge in [0.15, 0.2) is 0 Å². The Morgan fingerprint density at radius 3 is 1.77 bits per heavy atom. The van der Waals surface area contributed by atoms with Gasteiger partial charge < -0.3 is 24.4 Å². The molecule has 0 aliphatic rings. The van der Waals surface area contributed by atoms with Crippen LogP contribution in [0.2, 0.25) is 0 Å². The van der Waals surface area contributed by atoms with Gasteiger partial charge in [-0.3, -0.25) is 4.18 Å². The fraction of sp³-hybridized carbons (Fsp3) is 0.143. The van der Waals surface area contributed by atoms with Crippen molar-refractivity contribution in [3.8, 4) is 0 Å². The van der Waals surface area contributed by atoms with Crippen molar-refractivity contribution in [3.05, 3.63) is 60.7 Å². The van der Waals surface area contributed by atoms with E-state index in [2.05, 4.69) is 28.5 Å². The van der Waals surface area contributed by atoms with Crippen LogP contribution in [0, 0.1) is 0 Å². The van der Waals surface area contributed by atoms with Crippen molar-refractivity contribution < 1.29 is 121 Å². The Kier molecular flexibility index (Phi) is 32.2. The van der Waals surface area contributed by atoms with Gasteiger partial charge in [0.1, 0.15) is 0 Å². The summed E-state index contributed by atoms with van der Waals surface area (Å²) in [6.45, 7) is 7.38. The summed E-state index contributed by atoms with van der Waals surface area (Å²) < 4.78 is 25.2. The molecular weight excluding hydrogens is 413 g/mol. The maximum atomic E-state index is 10.4. The number of benzene rings is 1. The quantitative estimate of drug-likeness (QED) is 0.334. The Labute approximate surface area is 224 Å².